The lowest BCUT2D eigenvalue weighted by atomic mass is 10.0. The summed E-state index contributed by atoms with van der Waals surface area (Å²) >= 11 is 0. The number of benzene rings is 1. The third kappa shape index (κ3) is 3.04. The van der Waals surface area contributed by atoms with Crippen LogP contribution in [0.2, 0.25) is 0 Å². The number of carbonyl (C=O) groups excluding carboxylic acids is 1. The normalized spacial score (nSPS) is 14.3. The monoisotopic (exact) mass is 209 g/mol. The van der Waals surface area contributed by atoms with Gasteiger partial charge in [0.15, 0.2) is 6.10 Å². The van der Waals surface area contributed by atoms with Crippen LogP contribution in [0.5, 0.6) is 0 Å². The van der Waals surface area contributed by atoms with E-state index < -0.39 is 18.1 Å². The van der Waals surface area contributed by atoms with Gasteiger partial charge in [-0.2, -0.15) is 0 Å². The molecular weight excluding hydrogens is 194 g/mol. The van der Waals surface area contributed by atoms with E-state index in [0.717, 1.165) is 0 Å². The van der Waals surface area contributed by atoms with Crippen LogP contribution in [0.4, 0.5) is 0 Å². The summed E-state index contributed by atoms with van der Waals surface area (Å²) in [5.41, 5.74) is 6.43. The van der Waals surface area contributed by atoms with E-state index in [1.807, 2.05) is 6.07 Å². The SMILES string of the molecule is CCOC(=O)C(O)[C@H](N)c1ccccc1. The third-order valence-corrected chi connectivity index (χ3v) is 2.05. The van der Waals surface area contributed by atoms with Crippen molar-refractivity contribution in [3.8, 4) is 0 Å². The molecule has 1 rings (SSSR count). The Balaban J connectivity index is 2.68. The smallest absolute Gasteiger partial charge is 0.336 e. The van der Waals surface area contributed by atoms with Crippen LogP contribution in [0, 0.1) is 0 Å². The molecule has 1 aromatic carbocycles. The lowest BCUT2D eigenvalue weighted by Gasteiger charge is -2.17. The first-order chi connectivity index (χ1) is 7.16. The van der Waals surface area contributed by atoms with Crippen molar-refractivity contribution in [2.45, 2.75) is 19.1 Å². The highest BCUT2D eigenvalue weighted by atomic mass is 16.5. The van der Waals surface area contributed by atoms with Gasteiger partial charge in [0.05, 0.1) is 12.6 Å². The molecule has 3 N–H and O–H groups in total. The van der Waals surface area contributed by atoms with Gasteiger partial charge in [0, 0.05) is 0 Å². The first-order valence-corrected chi connectivity index (χ1v) is 4.82. The van der Waals surface area contributed by atoms with Gasteiger partial charge in [-0.1, -0.05) is 30.3 Å². The second-order valence-corrected chi connectivity index (χ2v) is 3.13. The van der Waals surface area contributed by atoms with E-state index in [0.29, 0.717) is 5.56 Å². The Morgan fingerprint density at radius 3 is 2.60 bits per heavy atom. The number of esters is 1. The van der Waals surface area contributed by atoms with Crippen LogP contribution in [-0.2, 0) is 9.53 Å². The highest BCUT2D eigenvalue weighted by Gasteiger charge is 2.25. The molecule has 0 aliphatic heterocycles. The average Bonchev–Trinajstić information content (AvgIpc) is 2.28. The Morgan fingerprint density at radius 2 is 2.07 bits per heavy atom. The lowest BCUT2D eigenvalue weighted by molar-refractivity contribution is -0.154. The fraction of sp³-hybridized carbons (Fsp3) is 0.364. The summed E-state index contributed by atoms with van der Waals surface area (Å²) in [7, 11) is 0. The molecule has 0 heterocycles. The Bertz CT molecular complexity index is 313. The van der Waals surface area contributed by atoms with Crippen molar-refractivity contribution < 1.29 is 14.6 Å². The Labute approximate surface area is 88.7 Å². The topological polar surface area (TPSA) is 72.5 Å². The molecule has 0 saturated carbocycles. The maximum absolute atomic E-state index is 11.2. The van der Waals surface area contributed by atoms with Gasteiger partial charge in [-0.05, 0) is 12.5 Å². The number of nitrogens with two attached hydrogens (primary N) is 1. The highest BCUT2D eigenvalue weighted by Crippen LogP contribution is 2.14. The van der Waals surface area contributed by atoms with Gasteiger partial charge in [0.2, 0.25) is 0 Å². The minimum Gasteiger partial charge on any atom is -0.464 e. The van der Waals surface area contributed by atoms with Crippen LogP contribution in [0.1, 0.15) is 18.5 Å². The van der Waals surface area contributed by atoms with E-state index in [2.05, 4.69) is 4.74 Å². The van der Waals surface area contributed by atoms with Gasteiger partial charge in [-0.3, -0.25) is 0 Å². The van der Waals surface area contributed by atoms with Crippen LogP contribution >= 0.6 is 0 Å². The number of hydrogen-bond donors (Lipinski definition) is 2. The number of rotatable bonds is 4. The highest BCUT2D eigenvalue weighted by molar-refractivity contribution is 5.75. The summed E-state index contributed by atoms with van der Waals surface area (Å²) in [4.78, 5) is 11.2. The molecule has 0 aliphatic rings. The molecule has 0 spiro atoms. The molecule has 1 aromatic rings. The number of carbonyl (C=O) groups is 1. The number of ether oxygens (including phenoxy) is 1. The molecule has 0 fully saturated rings. The van der Waals surface area contributed by atoms with Crippen LogP contribution in [0.25, 0.3) is 0 Å². The van der Waals surface area contributed by atoms with Crippen molar-refractivity contribution in [2.75, 3.05) is 6.61 Å². The van der Waals surface area contributed by atoms with E-state index >= 15 is 0 Å². The fourth-order valence-electron chi connectivity index (χ4n) is 1.23. The van der Waals surface area contributed by atoms with Gasteiger partial charge in [-0.25, -0.2) is 4.79 Å². The summed E-state index contributed by atoms with van der Waals surface area (Å²) in [5.74, 6) is -0.686. The molecule has 0 saturated heterocycles. The van der Waals surface area contributed by atoms with Crippen LogP contribution < -0.4 is 5.73 Å². The summed E-state index contributed by atoms with van der Waals surface area (Å²) in [6.45, 7) is 1.91. The van der Waals surface area contributed by atoms with E-state index in [-0.39, 0.29) is 6.61 Å². The van der Waals surface area contributed by atoms with Crippen molar-refractivity contribution in [1.29, 1.82) is 0 Å². The van der Waals surface area contributed by atoms with Crippen molar-refractivity contribution in [2.24, 2.45) is 5.73 Å². The number of hydrogen-bond acceptors (Lipinski definition) is 4. The van der Waals surface area contributed by atoms with Crippen LogP contribution in [-0.4, -0.2) is 23.8 Å². The first-order valence-electron chi connectivity index (χ1n) is 4.82. The van der Waals surface area contributed by atoms with Gasteiger partial charge in [0.25, 0.3) is 0 Å². The van der Waals surface area contributed by atoms with Crippen LogP contribution in [0.15, 0.2) is 30.3 Å². The summed E-state index contributed by atoms with van der Waals surface area (Å²) in [6, 6.07) is 8.21. The van der Waals surface area contributed by atoms with E-state index in [4.69, 9.17) is 5.73 Å². The molecule has 82 valence electrons. The quantitative estimate of drug-likeness (QED) is 0.713. The van der Waals surface area contributed by atoms with Gasteiger partial charge >= 0.3 is 5.97 Å². The molecule has 0 aromatic heterocycles. The zero-order valence-electron chi connectivity index (χ0n) is 8.59. The van der Waals surface area contributed by atoms with Crippen molar-refractivity contribution in [1.82, 2.24) is 0 Å². The van der Waals surface area contributed by atoms with Crippen molar-refractivity contribution >= 4 is 5.97 Å². The maximum Gasteiger partial charge on any atom is 0.336 e. The molecule has 15 heavy (non-hydrogen) atoms. The number of aliphatic hydroxyl groups excluding tert-OH is 1. The Hall–Kier alpha value is -1.39. The standard InChI is InChI=1S/C11H15NO3/c1-2-15-11(14)10(13)9(12)8-6-4-3-5-7-8/h3-7,9-10,13H,2,12H2,1H3/t9-,10?/m1/s1. The van der Waals surface area contributed by atoms with Gasteiger partial charge < -0.3 is 15.6 Å². The van der Waals surface area contributed by atoms with Gasteiger partial charge in [0.1, 0.15) is 0 Å². The first kappa shape index (κ1) is 11.7. The average molecular weight is 209 g/mol. The lowest BCUT2D eigenvalue weighted by Crippen LogP contribution is -2.34. The predicted molar refractivity (Wildman–Crippen MR) is 56.0 cm³/mol. The van der Waals surface area contributed by atoms with Crippen LogP contribution in [0.3, 0.4) is 0 Å². The second-order valence-electron chi connectivity index (χ2n) is 3.13. The van der Waals surface area contributed by atoms with E-state index in [1.54, 1.807) is 31.2 Å². The minimum atomic E-state index is -1.31. The molecule has 4 heteroatoms. The summed E-state index contributed by atoms with van der Waals surface area (Å²) in [6.07, 6.45) is -1.31. The third-order valence-electron chi connectivity index (χ3n) is 2.05. The molecular formula is C11H15NO3. The molecule has 2 atom stereocenters. The second kappa shape index (κ2) is 5.48. The van der Waals surface area contributed by atoms with Gasteiger partial charge in [-0.15, -0.1) is 0 Å². The zero-order valence-corrected chi connectivity index (χ0v) is 8.59. The molecule has 1 unspecified atom stereocenters. The molecule has 0 radical (unpaired) electrons. The number of aliphatic hydroxyl groups is 1. The van der Waals surface area contributed by atoms with Crippen molar-refractivity contribution in [3.63, 3.8) is 0 Å². The van der Waals surface area contributed by atoms with E-state index in [9.17, 15) is 9.90 Å². The summed E-state index contributed by atoms with van der Waals surface area (Å²) in [5, 5.41) is 9.57. The molecule has 0 amide bonds. The Kier molecular flexibility index (Phi) is 4.27. The molecule has 4 nitrogen and oxygen atoms in total. The predicted octanol–water partition coefficient (Wildman–Crippen LogP) is 0.610. The maximum atomic E-state index is 11.2. The van der Waals surface area contributed by atoms with Crippen molar-refractivity contribution in [3.05, 3.63) is 35.9 Å². The Morgan fingerprint density at radius 1 is 1.47 bits per heavy atom. The largest absolute Gasteiger partial charge is 0.464 e. The molecule has 0 bridgehead atoms. The minimum absolute atomic E-state index is 0.234. The summed E-state index contributed by atoms with van der Waals surface area (Å²) < 4.78 is 4.68. The zero-order chi connectivity index (χ0) is 11.3. The molecule has 0 aliphatic carbocycles. The fourth-order valence-corrected chi connectivity index (χ4v) is 1.23. The van der Waals surface area contributed by atoms with E-state index in [1.165, 1.54) is 0 Å².